The van der Waals surface area contributed by atoms with E-state index in [9.17, 15) is 19.2 Å². The minimum absolute atomic E-state index is 0.0123. The molecule has 38 heavy (non-hydrogen) atoms. The maximum absolute atomic E-state index is 13.5. The van der Waals surface area contributed by atoms with Crippen LogP contribution in [0, 0.1) is 12.8 Å². The fourth-order valence-corrected chi connectivity index (χ4v) is 4.90. The normalized spacial score (nSPS) is 18.6. The molecule has 0 aliphatic carbocycles. The van der Waals surface area contributed by atoms with Gasteiger partial charge in [0, 0.05) is 30.7 Å². The maximum Gasteiger partial charge on any atom is 0.327 e. The molecule has 4 rings (SSSR count). The number of ether oxygens (including phenoxy) is 2. The molecule has 0 spiro atoms. The van der Waals surface area contributed by atoms with Gasteiger partial charge in [-0.15, -0.1) is 0 Å². The van der Waals surface area contributed by atoms with Gasteiger partial charge in [0.1, 0.15) is 23.2 Å². The molecular weight excluding hydrogens is 492 g/mol. The largest absolute Gasteiger partial charge is 0.468 e. The Kier molecular flexibility index (Phi) is 8.65. The first-order valence-corrected chi connectivity index (χ1v) is 12.9. The highest BCUT2D eigenvalue weighted by Gasteiger charge is 2.37. The topological polar surface area (TPSA) is 131 Å². The minimum Gasteiger partial charge on any atom is -0.468 e. The third-order valence-electron chi connectivity index (χ3n) is 6.89. The van der Waals surface area contributed by atoms with Gasteiger partial charge in [-0.2, -0.15) is 0 Å². The van der Waals surface area contributed by atoms with Crippen molar-refractivity contribution in [2.45, 2.75) is 45.1 Å². The molecule has 0 radical (unpaired) electrons. The Morgan fingerprint density at radius 3 is 2.42 bits per heavy atom. The third kappa shape index (κ3) is 6.15. The highest BCUT2D eigenvalue weighted by molar-refractivity contribution is 6.21. The number of esters is 2. The van der Waals surface area contributed by atoms with Crippen molar-refractivity contribution in [3.05, 3.63) is 30.0 Å². The SMILES string of the molecule is COC(=O)C(C(=O)OC)C(=N[C@H]1CCCCN(CC(=O)N2CCCC2)C1=O)Nc1ccc2oc(C)cc2c1. The van der Waals surface area contributed by atoms with Crippen LogP contribution in [-0.2, 0) is 28.7 Å². The number of benzene rings is 1. The van der Waals surface area contributed by atoms with E-state index in [4.69, 9.17) is 13.9 Å². The Hall–Kier alpha value is -3.89. The van der Waals surface area contributed by atoms with Crippen LogP contribution < -0.4 is 5.32 Å². The number of carbonyl (C=O) groups is 4. The smallest absolute Gasteiger partial charge is 0.327 e. The van der Waals surface area contributed by atoms with E-state index in [1.165, 1.54) is 19.1 Å². The summed E-state index contributed by atoms with van der Waals surface area (Å²) in [5.41, 5.74) is 1.22. The molecule has 2 saturated heterocycles. The van der Waals surface area contributed by atoms with Crippen LogP contribution in [0.3, 0.4) is 0 Å². The van der Waals surface area contributed by atoms with Gasteiger partial charge < -0.3 is 29.0 Å². The number of hydrogen-bond acceptors (Lipinski definition) is 8. The van der Waals surface area contributed by atoms with Crippen LogP contribution in [0.1, 0.15) is 37.9 Å². The van der Waals surface area contributed by atoms with Crippen LogP contribution in [0.5, 0.6) is 0 Å². The second kappa shape index (κ2) is 12.1. The number of amides is 2. The van der Waals surface area contributed by atoms with Crippen molar-refractivity contribution in [3.63, 3.8) is 0 Å². The molecule has 2 aromatic rings. The highest BCUT2D eigenvalue weighted by Crippen LogP contribution is 2.24. The minimum atomic E-state index is -1.53. The number of aryl methyl sites for hydroxylation is 1. The standard InChI is InChI=1S/C27H34N4O7/c1-17-14-18-15-19(9-10-21(18)38-17)28-24(23(26(34)36-2)27(35)37-3)29-20-8-4-5-13-31(25(20)33)16-22(32)30-11-6-7-12-30/h9-10,14-15,20,23H,4-8,11-13,16H2,1-3H3,(H,28,29)/t20-/m0/s1. The Bertz CT molecular complexity index is 1220. The summed E-state index contributed by atoms with van der Waals surface area (Å²) in [5.74, 6) is -2.98. The number of carbonyl (C=O) groups excluding carboxylic acids is 4. The first-order valence-electron chi connectivity index (χ1n) is 12.9. The summed E-state index contributed by atoms with van der Waals surface area (Å²) in [6.45, 7) is 3.68. The lowest BCUT2D eigenvalue weighted by Crippen LogP contribution is -2.45. The molecule has 2 aliphatic heterocycles. The second-order valence-corrected chi connectivity index (χ2v) is 9.59. The number of methoxy groups -OCH3 is 2. The summed E-state index contributed by atoms with van der Waals surface area (Å²) in [4.78, 5) is 59.6. The van der Waals surface area contributed by atoms with E-state index in [1.54, 1.807) is 23.1 Å². The molecule has 1 aromatic heterocycles. The van der Waals surface area contributed by atoms with Gasteiger partial charge in [-0.1, -0.05) is 0 Å². The quantitative estimate of drug-likeness (QED) is 0.252. The average Bonchev–Trinajstić information content (AvgIpc) is 3.54. The Balaban J connectivity index is 1.66. The molecule has 0 saturated carbocycles. The Morgan fingerprint density at radius 1 is 1.05 bits per heavy atom. The van der Waals surface area contributed by atoms with Gasteiger partial charge in [-0.25, -0.2) is 0 Å². The molecule has 3 heterocycles. The Morgan fingerprint density at radius 2 is 1.74 bits per heavy atom. The van der Waals surface area contributed by atoms with Crippen LogP contribution in [-0.4, -0.2) is 85.8 Å². The van der Waals surface area contributed by atoms with Crippen molar-refractivity contribution < 1.29 is 33.1 Å². The number of hydrogen-bond donors (Lipinski definition) is 1. The summed E-state index contributed by atoms with van der Waals surface area (Å²) in [6.07, 6.45) is 3.76. The Labute approximate surface area is 221 Å². The number of nitrogens with zero attached hydrogens (tertiary/aromatic N) is 3. The lowest BCUT2D eigenvalue weighted by Gasteiger charge is -2.26. The second-order valence-electron chi connectivity index (χ2n) is 9.59. The highest BCUT2D eigenvalue weighted by atomic mass is 16.5. The summed E-state index contributed by atoms with van der Waals surface area (Å²) in [7, 11) is 2.33. The van der Waals surface area contributed by atoms with Crippen LogP contribution in [0.15, 0.2) is 33.7 Å². The third-order valence-corrected chi connectivity index (χ3v) is 6.89. The number of fused-ring (bicyclic) bond motifs is 1. The van der Waals surface area contributed by atoms with Crippen molar-refractivity contribution in [2.75, 3.05) is 45.7 Å². The lowest BCUT2D eigenvalue weighted by atomic mass is 10.1. The molecule has 11 nitrogen and oxygen atoms in total. The van der Waals surface area contributed by atoms with Crippen LogP contribution in [0.4, 0.5) is 5.69 Å². The van der Waals surface area contributed by atoms with Crippen LogP contribution >= 0.6 is 0 Å². The summed E-state index contributed by atoms with van der Waals surface area (Å²) < 4.78 is 15.4. The monoisotopic (exact) mass is 526 g/mol. The molecule has 2 aliphatic rings. The zero-order valence-corrected chi connectivity index (χ0v) is 22.0. The summed E-state index contributed by atoms with van der Waals surface area (Å²) in [6, 6.07) is 6.25. The lowest BCUT2D eigenvalue weighted by molar-refractivity contribution is -0.155. The van der Waals surface area contributed by atoms with Gasteiger partial charge >= 0.3 is 11.9 Å². The number of likely N-dealkylation sites (tertiary alicyclic amines) is 2. The predicted molar refractivity (Wildman–Crippen MR) is 140 cm³/mol. The molecular formula is C27H34N4O7. The van der Waals surface area contributed by atoms with Crippen molar-refractivity contribution in [1.29, 1.82) is 0 Å². The molecule has 2 fully saturated rings. The van der Waals surface area contributed by atoms with Crippen LogP contribution in [0.2, 0.25) is 0 Å². The van der Waals surface area contributed by atoms with Crippen molar-refractivity contribution in [2.24, 2.45) is 10.9 Å². The van der Waals surface area contributed by atoms with E-state index in [-0.39, 0.29) is 24.2 Å². The van der Waals surface area contributed by atoms with E-state index in [2.05, 4.69) is 10.3 Å². The zero-order valence-electron chi connectivity index (χ0n) is 22.0. The number of aliphatic imine (C=N–C) groups is 1. The molecule has 2 amide bonds. The number of furan rings is 1. The zero-order chi connectivity index (χ0) is 27.2. The van der Waals surface area contributed by atoms with Gasteiger partial charge in [0.2, 0.25) is 17.7 Å². The molecule has 0 bridgehead atoms. The van der Waals surface area contributed by atoms with Gasteiger partial charge in [0.15, 0.2) is 0 Å². The predicted octanol–water partition coefficient (Wildman–Crippen LogP) is 2.52. The molecule has 0 unspecified atom stereocenters. The average molecular weight is 527 g/mol. The van der Waals surface area contributed by atoms with Crippen molar-refractivity contribution in [1.82, 2.24) is 9.80 Å². The number of nitrogens with one attached hydrogen (secondary N) is 1. The van der Waals surface area contributed by atoms with E-state index in [0.717, 1.165) is 30.4 Å². The van der Waals surface area contributed by atoms with Crippen molar-refractivity contribution in [3.8, 4) is 0 Å². The van der Waals surface area contributed by atoms with Crippen molar-refractivity contribution >= 4 is 46.2 Å². The van der Waals surface area contributed by atoms with E-state index in [0.29, 0.717) is 43.7 Å². The fourth-order valence-electron chi connectivity index (χ4n) is 4.90. The number of anilines is 1. The molecule has 11 heteroatoms. The maximum atomic E-state index is 13.5. The summed E-state index contributed by atoms with van der Waals surface area (Å²) in [5, 5.41) is 3.88. The molecule has 1 aromatic carbocycles. The van der Waals surface area contributed by atoms with Gasteiger partial charge in [0.25, 0.3) is 0 Å². The summed E-state index contributed by atoms with van der Waals surface area (Å²) >= 11 is 0. The first kappa shape index (κ1) is 27.2. The van der Waals surface area contributed by atoms with Crippen LogP contribution in [0.25, 0.3) is 11.0 Å². The molecule has 204 valence electrons. The van der Waals surface area contributed by atoms with E-state index in [1.807, 2.05) is 13.0 Å². The molecule has 1 N–H and O–H groups in total. The first-order chi connectivity index (χ1) is 18.3. The van der Waals surface area contributed by atoms with Gasteiger partial charge in [-0.3, -0.25) is 24.2 Å². The van der Waals surface area contributed by atoms with E-state index >= 15 is 0 Å². The fraction of sp³-hybridized carbons (Fsp3) is 0.519. The number of rotatable bonds is 7. The van der Waals surface area contributed by atoms with Gasteiger partial charge in [-0.05, 0) is 63.3 Å². The number of amidine groups is 1. The van der Waals surface area contributed by atoms with E-state index < -0.39 is 23.9 Å². The molecule has 1 atom stereocenters. The van der Waals surface area contributed by atoms with Gasteiger partial charge in [0.05, 0.1) is 20.8 Å².